The van der Waals surface area contributed by atoms with E-state index in [4.69, 9.17) is 0 Å². The fraction of sp³-hybridized carbons (Fsp3) is 0.417. The summed E-state index contributed by atoms with van der Waals surface area (Å²) < 4.78 is 13.4. The first-order chi connectivity index (χ1) is 8.18. The van der Waals surface area contributed by atoms with Crippen LogP contribution in [0.1, 0.15) is 6.92 Å². The maximum atomic E-state index is 13.4. The van der Waals surface area contributed by atoms with E-state index in [-0.39, 0.29) is 17.8 Å². The topological polar surface area (TPSA) is 44.4 Å². The number of urea groups is 1. The van der Waals surface area contributed by atoms with Crippen LogP contribution in [0.25, 0.3) is 0 Å². The van der Waals surface area contributed by atoms with Crippen LogP contribution >= 0.6 is 0 Å². The number of rotatable bonds is 1. The Morgan fingerprint density at radius 1 is 1.53 bits per heavy atom. The molecule has 1 fully saturated rings. The maximum absolute atomic E-state index is 13.4. The Balaban J connectivity index is 2.03. The predicted octanol–water partition coefficient (Wildman–Crippen LogP) is 1.65. The van der Waals surface area contributed by atoms with Gasteiger partial charge in [0.05, 0.1) is 5.69 Å². The quantitative estimate of drug-likeness (QED) is 0.780. The van der Waals surface area contributed by atoms with Crippen LogP contribution < -0.4 is 10.6 Å². The lowest BCUT2D eigenvalue weighted by Gasteiger charge is -2.33. The SMILES string of the molecule is C[C@@H]1CNCCN1C(=O)Nc1ccccc1F. The number of hydrogen-bond donors (Lipinski definition) is 2. The largest absolute Gasteiger partial charge is 0.322 e. The number of carbonyl (C=O) groups is 1. The highest BCUT2D eigenvalue weighted by Gasteiger charge is 2.23. The number of hydrogen-bond acceptors (Lipinski definition) is 2. The van der Waals surface area contributed by atoms with Gasteiger partial charge in [-0.2, -0.15) is 0 Å². The molecule has 0 aliphatic carbocycles. The number of carbonyl (C=O) groups excluding carboxylic acids is 1. The minimum atomic E-state index is -0.413. The molecule has 0 spiro atoms. The molecule has 0 aromatic heterocycles. The molecule has 1 aliphatic heterocycles. The van der Waals surface area contributed by atoms with Gasteiger partial charge in [-0.25, -0.2) is 9.18 Å². The molecule has 2 N–H and O–H groups in total. The summed E-state index contributed by atoms with van der Waals surface area (Å²) in [7, 11) is 0. The van der Waals surface area contributed by atoms with E-state index in [1.54, 1.807) is 23.1 Å². The summed E-state index contributed by atoms with van der Waals surface area (Å²) in [5.41, 5.74) is 0.225. The van der Waals surface area contributed by atoms with Crippen molar-refractivity contribution in [3.8, 4) is 0 Å². The van der Waals surface area contributed by atoms with Crippen molar-refractivity contribution in [2.24, 2.45) is 0 Å². The van der Waals surface area contributed by atoms with Gasteiger partial charge in [-0.15, -0.1) is 0 Å². The summed E-state index contributed by atoms with van der Waals surface area (Å²) >= 11 is 0. The first kappa shape index (κ1) is 11.9. The van der Waals surface area contributed by atoms with Crippen LogP contribution in [0, 0.1) is 5.82 Å². The van der Waals surface area contributed by atoms with Crippen LogP contribution in [0.5, 0.6) is 0 Å². The lowest BCUT2D eigenvalue weighted by Crippen LogP contribution is -2.53. The zero-order valence-corrected chi connectivity index (χ0v) is 9.74. The Kier molecular flexibility index (Phi) is 3.58. The normalized spacial score (nSPS) is 20.1. The van der Waals surface area contributed by atoms with Gasteiger partial charge in [0.25, 0.3) is 0 Å². The standard InChI is InChI=1S/C12H16FN3O/c1-9-8-14-6-7-16(9)12(17)15-11-5-3-2-4-10(11)13/h2-5,9,14H,6-8H2,1H3,(H,15,17)/t9-/m1/s1. The zero-order chi connectivity index (χ0) is 12.3. The van der Waals surface area contributed by atoms with E-state index >= 15 is 0 Å². The summed E-state index contributed by atoms with van der Waals surface area (Å²) in [5, 5.41) is 5.79. The highest BCUT2D eigenvalue weighted by atomic mass is 19.1. The van der Waals surface area contributed by atoms with E-state index in [2.05, 4.69) is 10.6 Å². The third kappa shape index (κ3) is 2.74. The van der Waals surface area contributed by atoms with Gasteiger partial charge in [0.15, 0.2) is 0 Å². The number of para-hydroxylation sites is 1. The Labute approximate surface area is 99.8 Å². The van der Waals surface area contributed by atoms with Crippen LogP contribution in [0.4, 0.5) is 14.9 Å². The number of piperazine rings is 1. The van der Waals surface area contributed by atoms with E-state index in [0.29, 0.717) is 6.54 Å². The molecule has 2 rings (SSSR count). The Morgan fingerprint density at radius 3 is 3.00 bits per heavy atom. The molecule has 0 bridgehead atoms. The van der Waals surface area contributed by atoms with Crippen molar-refractivity contribution in [2.45, 2.75) is 13.0 Å². The van der Waals surface area contributed by atoms with E-state index in [9.17, 15) is 9.18 Å². The predicted molar refractivity (Wildman–Crippen MR) is 64.5 cm³/mol. The molecule has 1 aliphatic rings. The molecule has 0 radical (unpaired) electrons. The van der Waals surface area contributed by atoms with Crippen molar-refractivity contribution in [2.75, 3.05) is 25.0 Å². The van der Waals surface area contributed by atoms with Crippen molar-refractivity contribution in [1.29, 1.82) is 0 Å². The minimum Gasteiger partial charge on any atom is -0.319 e. The van der Waals surface area contributed by atoms with Gasteiger partial charge in [-0.3, -0.25) is 0 Å². The minimum absolute atomic E-state index is 0.121. The Bertz CT molecular complexity index is 410. The van der Waals surface area contributed by atoms with E-state index in [1.165, 1.54) is 6.07 Å². The van der Waals surface area contributed by atoms with Crippen molar-refractivity contribution in [3.63, 3.8) is 0 Å². The summed E-state index contributed by atoms with van der Waals surface area (Å²) in [5.74, 6) is -0.413. The number of nitrogens with one attached hydrogen (secondary N) is 2. The smallest absolute Gasteiger partial charge is 0.319 e. The lowest BCUT2D eigenvalue weighted by molar-refractivity contribution is 0.177. The molecule has 0 saturated carbocycles. The van der Waals surface area contributed by atoms with Gasteiger partial charge >= 0.3 is 6.03 Å². The molecular formula is C12H16FN3O. The van der Waals surface area contributed by atoms with Crippen LogP contribution in [-0.4, -0.2) is 36.6 Å². The molecule has 1 aromatic rings. The molecule has 1 aromatic carbocycles. The number of benzene rings is 1. The highest BCUT2D eigenvalue weighted by Crippen LogP contribution is 2.14. The maximum Gasteiger partial charge on any atom is 0.322 e. The highest BCUT2D eigenvalue weighted by molar-refractivity contribution is 5.89. The number of halogens is 1. The van der Waals surface area contributed by atoms with Crippen LogP contribution in [0.3, 0.4) is 0 Å². The van der Waals surface area contributed by atoms with Gasteiger partial charge in [-0.05, 0) is 19.1 Å². The number of nitrogens with zero attached hydrogens (tertiary/aromatic N) is 1. The molecule has 1 saturated heterocycles. The molecule has 2 amide bonds. The van der Waals surface area contributed by atoms with Crippen molar-refractivity contribution < 1.29 is 9.18 Å². The molecule has 1 heterocycles. The second kappa shape index (κ2) is 5.14. The van der Waals surface area contributed by atoms with Crippen LogP contribution in [0.2, 0.25) is 0 Å². The fourth-order valence-electron chi connectivity index (χ4n) is 1.89. The first-order valence-electron chi connectivity index (χ1n) is 5.71. The number of anilines is 1. The van der Waals surface area contributed by atoms with Gasteiger partial charge in [0.1, 0.15) is 5.82 Å². The number of amides is 2. The molecular weight excluding hydrogens is 221 g/mol. The summed E-state index contributed by atoms with van der Waals surface area (Å²) in [6.45, 7) is 4.15. The van der Waals surface area contributed by atoms with Gasteiger partial charge < -0.3 is 15.5 Å². The lowest BCUT2D eigenvalue weighted by atomic mass is 10.2. The van der Waals surface area contributed by atoms with Crippen molar-refractivity contribution in [3.05, 3.63) is 30.1 Å². The summed E-state index contributed by atoms with van der Waals surface area (Å²) in [6.07, 6.45) is 0. The van der Waals surface area contributed by atoms with Gasteiger partial charge in [0, 0.05) is 25.7 Å². The Hall–Kier alpha value is -1.62. The fourth-order valence-corrected chi connectivity index (χ4v) is 1.89. The van der Waals surface area contributed by atoms with Crippen LogP contribution in [0.15, 0.2) is 24.3 Å². The monoisotopic (exact) mass is 237 g/mol. The second-order valence-electron chi connectivity index (χ2n) is 4.16. The summed E-state index contributed by atoms with van der Waals surface area (Å²) in [4.78, 5) is 13.7. The third-order valence-corrected chi connectivity index (χ3v) is 2.88. The zero-order valence-electron chi connectivity index (χ0n) is 9.74. The second-order valence-corrected chi connectivity index (χ2v) is 4.16. The Morgan fingerprint density at radius 2 is 2.29 bits per heavy atom. The molecule has 17 heavy (non-hydrogen) atoms. The molecule has 92 valence electrons. The molecule has 1 atom stereocenters. The molecule has 4 nitrogen and oxygen atoms in total. The van der Waals surface area contributed by atoms with Gasteiger partial charge in [0.2, 0.25) is 0 Å². The average molecular weight is 237 g/mol. The first-order valence-corrected chi connectivity index (χ1v) is 5.71. The van der Waals surface area contributed by atoms with Crippen molar-refractivity contribution >= 4 is 11.7 Å². The van der Waals surface area contributed by atoms with E-state index in [1.807, 2.05) is 6.92 Å². The van der Waals surface area contributed by atoms with E-state index < -0.39 is 5.82 Å². The summed E-state index contributed by atoms with van der Waals surface area (Å²) in [6, 6.07) is 6.05. The van der Waals surface area contributed by atoms with Crippen molar-refractivity contribution in [1.82, 2.24) is 10.2 Å². The van der Waals surface area contributed by atoms with Gasteiger partial charge in [-0.1, -0.05) is 12.1 Å². The molecule has 0 unspecified atom stereocenters. The third-order valence-electron chi connectivity index (χ3n) is 2.88. The van der Waals surface area contributed by atoms with Crippen LogP contribution in [-0.2, 0) is 0 Å². The van der Waals surface area contributed by atoms with E-state index in [0.717, 1.165) is 13.1 Å². The average Bonchev–Trinajstić information content (AvgIpc) is 2.32. The molecule has 5 heteroatoms.